The molecule has 0 spiro atoms. The van der Waals surface area contributed by atoms with Crippen molar-refractivity contribution in [1.29, 1.82) is 5.26 Å². The molecule has 0 unspecified atom stereocenters. The Labute approximate surface area is 575 Å². The van der Waals surface area contributed by atoms with E-state index in [2.05, 4.69) is 148 Å². The Hall–Kier alpha value is -10.0. The first kappa shape index (κ1) is 92.4. The third kappa shape index (κ3) is 59.0. The predicted molar refractivity (Wildman–Crippen MR) is 396 cm³/mol. The Morgan fingerprint density at radius 1 is 0.385 bits per heavy atom. The van der Waals surface area contributed by atoms with Crippen LogP contribution in [0.25, 0.3) is 0 Å². The minimum Gasteiger partial charge on any atom is -0.469 e. The van der Waals surface area contributed by atoms with Gasteiger partial charge in [-0.3, -0.25) is 29.8 Å². The first-order valence-corrected chi connectivity index (χ1v) is 33.2. The maximum atomic E-state index is 11.0. The summed E-state index contributed by atoms with van der Waals surface area (Å²) in [6, 6.07) is 77.0. The normalized spacial score (nSPS) is 8.82. The second-order valence-corrected chi connectivity index (χ2v) is 19.8. The van der Waals surface area contributed by atoms with E-state index < -0.39 is 4.92 Å². The molecule has 0 N–H and O–H groups in total. The van der Waals surface area contributed by atoms with E-state index in [9.17, 15) is 44.2 Å². The van der Waals surface area contributed by atoms with Gasteiger partial charge in [0.2, 0.25) is 0 Å². The Balaban J connectivity index is -0.000000498. The molecule has 0 atom stereocenters. The molecule has 8 aromatic rings. The van der Waals surface area contributed by atoms with Gasteiger partial charge in [0, 0.05) is 62.8 Å². The van der Waals surface area contributed by atoms with Gasteiger partial charge in [-0.25, -0.2) is 0 Å². The van der Waals surface area contributed by atoms with Crippen LogP contribution in [0, 0.1) is 31.6 Å². The molecule has 0 radical (unpaired) electrons. The number of nitrogens with zero attached hydrogens (tertiary/aromatic N) is 3. The molecule has 96 heavy (non-hydrogen) atoms. The molecular formula is C82H109N3O11. The first-order chi connectivity index (χ1) is 46.6. The van der Waals surface area contributed by atoms with Gasteiger partial charge in [0.25, 0.3) is 11.4 Å². The SMILES string of the molecule is CC.CCC.CCC=O.CCC=O.CCC=O.CCOC(=O)CCc1ccccc1.CCc1ccc([N+](=O)[O-])cc1.CCc1ccccc1.CCc1ccccc1.COC(=O)CCc1ccc([N+](=O)[O-])cc1.N#CCCc1ccccc1.c1ccc(CCc2ccccc2)cc1. The Bertz CT molecular complexity index is 3000. The first-order valence-electron chi connectivity index (χ1n) is 33.2. The monoisotopic (exact) mass is 1310 g/mol. The summed E-state index contributed by atoms with van der Waals surface area (Å²) < 4.78 is 9.31. The maximum absolute atomic E-state index is 11.0. The number of nitriles is 1. The highest BCUT2D eigenvalue weighted by atomic mass is 16.6. The Morgan fingerprint density at radius 3 is 0.844 bits per heavy atom. The van der Waals surface area contributed by atoms with Crippen molar-refractivity contribution in [1.82, 2.24) is 0 Å². The number of aryl methyl sites for hydroxylation is 8. The van der Waals surface area contributed by atoms with Crippen LogP contribution in [0.4, 0.5) is 11.4 Å². The Morgan fingerprint density at radius 2 is 0.615 bits per heavy atom. The molecule has 14 heteroatoms. The molecule has 8 aromatic carbocycles. The van der Waals surface area contributed by atoms with Crippen molar-refractivity contribution >= 4 is 42.2 Å². The van der Waals surface area contributed by atoms with Crippen molar-refractivity contribution in [2.24, 2.45) is 0 Å². The number of aldehydes is 3. The molecule has 14 nitrogen and oxygen atoms in total. The van der Waals surface area contributed by atoms with Gasteiger partial charge in [-0.1, -0.05) is 282 Å². The van der Waals surface area contributed by atoms with Crippen molar-refractivity contribution in [2.75, 3.05) is 13.7 Å². The van der Waals surface area contributed by atoms with Crippen LogP contribution in [0.5, 0.6) is 0 Å². The van der Waals surface area contributed by atoms with Crippen LogP contribution in [-0.4, -0.2) is 54.4 Å². The third-order valence-corrected chi connectivity index (χ3v) is 12.1. The lowest BCUT2D eigenvalue weighted by atomic mass is 10.0. The smallest absolute Gasteiger partial charge is 0.306 e. The summed E-state index contributed by atoms with van der Waals surface area (Å²) in [4.78, 5) is 69.1. The van der Waals surface area contributed by atoms with E-state index >= 15 is 0 Å². The second-order valence-electron chi connectivity index (χ2n) is 19.8. The number of methoxy groups -OCH3 is 1. The highest BCUT2D eigenvalue weighted by Crippen LogP contribution is 2.14. The lowest BCUT2D eigenvalue weighted by Gasteiger charge is -2.01. The minimum absolute atomic E-state index is 0.0526. The second kappa shape index (κ2) is 70.9. The molecular weight excluding hydrogens is 1200 g/mol. The number of ether oxygens (including phenoxy) is 2. The largest absolute Gasteiger partial charge is 0.469 e. The summed E-state index contributed by atoms with van der Waals surface area (Å²) >= 11 is 0. The fraction of sp³-hybridized carbons (Fsp3) is 0.341. The standard InChI is InChI=1S/C14H14.C11H14O2.C10H11NO4.C9H9N.C8H9NO2.2C8H10.3C3H6O.C3H8.C2H6/c1-3-7-13(8-4-1)11-12-14-9-5-2-6-10-14;1-2-13-11(12)9-8-10-6-4-3-5-7-10;1-15-10(12)7-4-8-2-5-9(6-3-8)11(13)14;10-8-4-7-9-5-2-1-3-6-9;1-2-7-3-5-8(6-4-7)9(10)11;2*1-2-8-6-4-3-5-7-8;3*1-2-3-4;1-3-2;1-2/h1-10H,11-12H2;3-7H,2,8-9H2,1H3;2-3,5-6H,4,7H2,1H3;1-3,5-6H,4,7H2;3-6H,2H2,1H3;2*3-7H,2H2,1H3;3*3H,2H2,1H3;3H2,1-2H3;1-2H3. The van der Waals surface area contributed by atoms with Crippen LogP contribution in [0.3, 0.4) is 0 Å². The third-order valence-electron chi connectivity index (χ3n) is 12.1. The van der Waals surface area contributed by atoms with E-state index in [0.717, 1.165) is 74.9 Å². The topological polar surface area (TPSA) is 214 Å². The van der Waals surface area contributed by atoms with Gasteiger partial charge in [-0.2, -0.15) is 5.26 Å². The quantitative estimate of drug-likeness (QED) is 0.0302. The predicted octanol–water partition coefficient (Wildman–Crippen LogP) is 20.4. The molecule has 0 aliphatic rings. The molecule has 0 heterocycles. The molecule has 0 aromatic heterocycles. The molecule has 0 bridgehead atoms. The van der Waals surface area contributed by atoms with Crippen LogP contribution in [0.2, 0.25) is 0 Å². The van der Waals surface area contributed by atoms with Crippen LogP contribution in [0.15, 0.2) is 231 Å². The zero-order valence-electron chi connectivity index (χ0n) is 59.3. The number of nitro groups is 2. The number of rotatable bonds is 20. The van der Waals surface area contributed by atoms with Crippen molar-refractivity contribution in [3.05, 3.63) is 295 Å². The molecule has 0 aliphatic carbocycles. The zero-order chi connectivity index (χ0) is 72.5. The van der Waals surface area contributed by atoms with E-state index in [-0.39, 0.29) is 34.7 Å². The molecule has 0 saturated heterocycles. The number of hydrogen-bond donors (Lipinski definition) is 0. The maximum Gasteiger partial charge on any atom is 0.306 e. The molecule has 0 aliphatic heterocycles. The van der Waals surface area contributed by atoms with Crippen molar-refractivity contribution in [2.45, 2.75) is 172 Å². The average Bonchev–Trinajstić information content (AvgIpc) is 1.51. The van der Waals surface area contributed by atoms with Crippen LogP contribution >= 0.6 is 0 Å². The van der Waals surface area contributed by atoms with Gasteiger partial charge < -0.3 is 23.9 Å². The fourth-order valence-corrected chi connectivity index (χ4v) is 6.96. The molecule has 8 rings (SSSR count). The summed E-state index contributed by atoms with van der Waals surface area (Å²) in [7, 11) is 1.33. The summed E-state index contributed by atoms with van der Waals surface area (Å²) in [5.74, 6) is -0.403. The molecule has 0 fully saturated rings. The number of esters is 2. The number of nitro benzene ring substituents is 2. The number of carbonyl (C=O) groups is 5. The fourth-order valence-electron chi connectivity index (χ4n) is 6.96. The highest BCUT2D eigenvalue weighted by Gasteiger charge is 2.06. The summed E-state index contributed by atoms with van der Waals surface area (Å²) in [5, 5.41) is 28.8. The van der Waals surface area contributed by atoms with Gasteiger partial charge in [0.05, 0.1) is 29.6 Å². The average molecular weight is 1310 g/mol. The minimum atomic E-state index is -0.454. The highest BCUT2D eigenvalue weighted by molar-refractivity contribution is 5.70. The van der Waals surface area contributed by atoms with Crippen LogP contribution < -0.4 is 0 Å². The molecule has 0 amide bonds. The molecule has 0 saturated carbocycles. The summed E-state index contributed by atoms with van der Waals surface area (Å²) in [5.41, 5.74) is 10.3. The van der Waals surface area contributed by atoms with E-state index in [0.29, 0.717) is 45.1 Å². The number of carbonyl (C=O) groups excluding carboxylic acids is 5. The molecule has 518 valence electrons. The van der Waals surface area contributed by atoms with Gasteiger partial charge in [0.15, 0.2) is 0 Å². The van der Waals surface area contributed by atoms with Gasteiger partial charge in [-0.15, -0.1) is 0 Å². The number of hydrogen-bond acceptors (Lipinski definition) is 12. The van der Waals surface area contributed by atoms with Gasteiger partial charge in [0.1, 0.15) is 18.9 Å². The van der Waals surface area contributed by atoms with Crippen LogP contribution in [-0.2, 0) is 84.8 Å². The Kier molecular flexibility index (Phi) is 68.2. The zero-order valence-corrected chi connectivity index (χ0v) is 59.3. The van der Waals surface area contributed by atoms with E-state index in [1.54, 1.807) is 24.3 Å². The van der Waals surface area contributed by atoms with Gasteiger partial charge in [-0.05, 0) is 103 Å². The van der Waals surface area contributed by atoms with E-state index in [4.69, 9.17) is 10.00 Å². The van der Waals surface area contributed by atoms with Crippen LogP contribution in [0.1, 0.15) is 166 Å². The summed E-state index contributed by atoms with van der Waals surface area (Å²) in [6.45, 7) is 22.3. The van der Waals surface area contributed by atoms with E-state index in [1.165, 1.54) is 71.2 Å². The number of non-ortho nitro benzene ring substituents is 2. The van der Waals surface area contributed by atoms with E-state index in [1.807, 2.05) is 121 Å². The lowest BCUT2D eigenvalue weighted by Crippen LogP contribution is -2.04. The van der Waals surface area contributed by atoms with Crippen molar-refractivity contribution in [3.8, 4) is 6.07 Å². The van der Waals surface area contributed by atoms with Crippen molar-refractivity contribution < 1.29 is 43.3 Å². The van der Waals surface area contributed by atoms with Gasteiger partial charge >= 0.3 is 11.9 Å². The number of benzene rings is 8. The van der Waals surface area contributed by atoms with Crippen molar-refractivity contribution in [3.63, 3.8) is 0 Å². The summed E-state index contributed by atoms with van der Waals surface area (Å²) in [6.07, 6.45) is 14.8. The lowest BCUT2D eigenvalue weighted by molar-refractivity contribution is -0.385.